The number of urea groups is 1. The molecule has 1 atom stereocenters. The first-order chi connectivity index (χ1) is 30.1. The number of sulfonamides is 1. The molecule has 0 saturated heterocycles. The Balaban J connectivity index is 0.000000371. The third-order valence-corrected chi connectivity index (χ3v) is 9.63. The number of ether oxygens (including phenoxy) is 4. The van der Waals surface area contributed by atoms with Crippen LogP contribution >= 0.6 is 30.8 Å². The van der Waals surface area contributed by atoms with E-state index in [9.17, 15) is 50.1 Å². The van der Waals surface area contributed by atoms with Crippen LogP contribution in [-0.4, -0.2) is 125 Å². The van der Waals surface area contributed by atoms with Crippen LogP contribution in [0.15, 0.2) is 65.8 Å². The van der Waals surface area contributed by atoms with Gasteiger partial charge in [0.2, 0.25) is 17.7 Å². The van der Waals surface area contributed by atoms with Crippen molar-refractivity contribution in [1.82, 2.24) is 29.9 Å². The zero-order chi connectivity index (χ0) is 49.4. The highest BCUT2D eigenvalue weighted by Crippen LogP contribution is 2.37. The molecule has 7 N–H and O–H groups in total. The minimum Gasteiger partial charge on any atom is -0.481 e. The Morgan fingerprint density at radius 3 is 2.03 bits per heavy atom. The fourth-order valence-electron chi connectivity index (χ4n) is 4.17. The minimum atomic E-state index is -4.56. The van der Waals surface area contributed by atoms with Gasteiger partial charge in [0.25, 0.3) is 15.9 Å². The summed E-state index contributed by atoms with van der Waals surface area (Å²) < 4.78 is 94.9. The molecule has 30 heteroatoms. The van der Waals surface area contributed by atoms with Gasteiger partial charge >= 0.3 is 37.7 Å². The van der Waals surface area contributed by atoms with Crippen molar-refractivity contribution < 1.29 is 89.1 Å². The van der Waals surface area contributed by atoms with E-state index in [0.29, 0.717) is 6.07 Å². The summed E-state index contributed by atoms with van der Waals surface area (Å²) in [7, 11) is -2.94. The van der Waals surface area contributed by atoms with Gasteiger partial charge in [0.05, 0.1) is 59.9 Å². The molecule has 65 heavy (non-hydrogen) atoms. The number of aliphatic carboxylic acids is 2. The monoisotopic (exact) mass is 1000 g/mol. The number of carbonyl (C=O) groups excluding carboxylic acids is 3. The maximum atomic E-state index is 12.7. The number of amides is 3. The molecule has 0 aliphatic heterocycles. The van der Waals surface area contributed by atoms with Crippen molar-refractivity contribution in [3.8, 4) is 23.3 Å². The molecule has 0 fully saturated rings. The third-order valence-electron chi connectivity index (χ3n) is 7.08. The molecule has 0 spiro atoms. The van der Waals surface area contributed by atoms with Gasteiger partial charge in [-0.15, -0.1) is 0 Å². The standard InChI is InChI=1S/C17H11Cl2F3O5.C15H18N6O6S.C3H8NO5P/c1-8(15(23)24)26-16(25)11-7-10(3-4-12(11)18)27-14-5-2-9(6-13(14)19)17(20,21)22;1-21(2)13(22)9-6-5-7-16-12(9)28(24,25)20-15(23)19-14-17-10(26-3)8-11(18-14)27-4;5-3(6)1-4-2-10(7,8)9/h2-8H,1H3,(H,23,24);5-8H,1-4H3,(H2,17,18,19,20,23);4H,1-2H2,(H,5,6)(H2,7,8,9)/t8-;;/m0../s1. The van der Waals surface area contributed by atoms with Gasteiger partial charge in [-0.2, -0.15) is 31.6 Å². The van der Waals surface area contributed by atoms with Gasteiger partial charge in [-0.25, -0.2) is 24.1 Å². The van der Waals surface area contributed by atoms with Gasteiger partial charge in [0.15, 0.2) is 11.1 Å². The quantitative estimate of drug-likeness (QED) is 0.0643. The maximum Gasteiger partial charge on any atom is 0.416 e. The molecule has 4 aromatic rings. The van der Waals surface area contributed by atoms with E-state index in [0.717, 1.165) is 25.1 Å². The summed E-state index contributed by atoms with van der Waals surface area (Å²) in [5.74, 6) is -4.19. The molecular weight excluding hydrogens is 965 g/mol. The summed E-state index contributed by atoms with van der Waals surface area (Å²) in [6, 6.07) is 9.24. The number of anilines is 1. The van der Waals surface area contributed by atoms with Crippen LogP contribution in [0.2, 0.25) is 10.0 Å². The number of methoxy groups -OCH3 is 2. The van der Waals surface area contributed by atoms with Crippen LogP contribution in [0.25, 0.3) is 0 Å². The maximum absolute atomic E-state index is 12.7. The number of halogens is 5. The fraction of sp³-hybridized carbons (Fsp3) is 0.257. The number of carbonyl (C=O) groups is 5. The number of hydrogen-bond acceptors (Lipinski definition) is 16. The molecule has 0 bridgehead atoms. The van der Waals surface area contributed by atoms with Crippen LogP contribution in [0.1, 0.15) is 33.2 Å². The zero-order valence-electron chi connectivity index (χ0n) is 34.0. The smallest absolute Gasteiger partial charge is 0.416 e. The molecule has 354 valence electrons. The molecule has 2 heterocycles. The van der Waals surface area contributed by atoms with Crippen molar-refractivity contribution in [2.45, 2.75) is 24.2 Å². The molecule has 0 unspecified atom stereocenters. The van der Waals surface area contributed by atoms with E-state index < -0.39 is 83.2 Å². The van der Waals surface area contributed by atoms with Crippen molar-refractivity contribution in [2.24, 2.45) is 0 Å². The first-order valence-electron chi connectivity index (χ1n) is 17.3. The lowest BCUT2D eigenvalue weighted by Gasteiger charge is -2.14. The Hall–Kier alpha value is -6.35. The number of carboxylic acids is 2. The molecular formula is C35H37Cl2F3N7O16PS. The van der Waals surface area contributed by atoms with Crippen LogP contribution in [0, 0.1) is 0 Å². The summed E-state index contributed by atoms with van der Waals surface area (Å²) in [6.07, 6.45) is -5.36. The molecule has 4 rings (SSSR count). The largest absolute Gasteiger partial charge is 0.481 e. The van der Waals surface area contributed by atoms with E-state index in [1.54, 1.807) is 4.72 Å². The molecule has 0 aliphatic carbocycles. The van der Waals surface area contributed by atoms with Crippen LogP contribution in [0.5, 0.6) is 23.3 Å². The van der Waals surface area contributed by atoms with Crippen LogP contribution in [0.4, 0.5) is 23.9 Å². The van der Waals surface area contributed by atoms with Crippen molar-refractivity contribution in [1.29, 1.82) is 0 Å². The van der Waals surface area contributed by atoms with Crippen molar-refractivity contribution >= 4 is 76.6 Å². The molecule has 2 aromatic carbocycles. The van der Waals surface area contributed by atoms with Gasteiger partial charge in [0, 0.05) is 20.3 Å². The van der Waals surface area contributed by atoms with Crippen molar-refractivity contribution in [3.63, 3.8) is 0 Å². The fourth-order valence-corrected chi connectivity index (χ4v) is 6.02. The lowest BCUT2D eigenvalue weighted by Crippen LogP contribution is -2.36. The Morgan fingerprint density at radius 1 is 0.908 bits per heavy atom. The predicted molar refractivity (Wildman–Crippen MR) is 220 cm³/mol. The number of pyridine rings is 1. The SMILES string of the molecule is COc1cc(OC)nc(NC(=O)NS(=O)(=O)c2ncccc2C(=O)N(C)C)n1.C[C@H](OC(=O)c1cc(Oc2ccc(C(F)(F)F)cc2Cl)ccc1Cl)C(=O)O.O=C(O)CNCP(=O)(O)O. The summed E-state index contributed by atoms with van der Waals surface area (Å²) >= 11 is 11.7. The molecule has 3 amide bonds. The van der Waals surface area contributed by atoms with E-state index >= 15 is 0 Å². The Morgan fingerprint density at radius 2 is 1.52 bits per heavy atom. The van der Waals surface area contributed by atoms with Crippen LogP contribution < -0.4 is 29.6 Å². The number of alkyl halides is 3. The van der Waals surface area contributed by atoms with Gasteiger partial charge in [-0.05, 0) is 55.5 Å². The number of rotatable bonds is 15. The summed E-state index contributed by atoms with van der Waals surface area (Å²) in [5, 5.41) is 20.1. The number of nitrogens with zero attached hydrogens (tertiary/aromatic N) is 4. The first kappa shape index (κ1) is 54.8. The highest BCUT2D eigenvalue weighted by Gasteiger charge is 2.31. The Kier molecular flexibility index (Phi) is 20.3. The molecule has 0 aliphatic rings. The summed E-state index contributed by atoms with van der Waals surface area (Å²) in [5.41, 5.74) is -1.31. The number of benzene rings is 2. The topological polar surface area (TPSA) is 332 Å². The number of carboxylic acid groups (broad SMARTS) is 2. The van der Waals surface area contributed by atoms with Gasteiger partial charge in [-0.1, -0.05) is 23.2 Å². The van der Waals surface area contributed by atoms with Crippen LogP contribution in [-0.2, 0) is 35.1 Å². The van der Waals surface area contributed by atoms with Gasteiger partial charge < -0.3 is 43.8 Å². The second-order valence-corrected chi connectivity index (χ2v) is 16.4. The number of esters is 1. The lowest BCUT2D eigenvalue weighted by atomic mass is 10.2. The number of hydrogen-bond donors (Lipinski definition) is 7. The highest BCUT2D eigenvalue weighted by atomic mass is 35.5. The van der Waals surface area contributed by atoms with E-state index in [1.165, 1.54) is 69.7 Å². The summed E-state index contributed by atoms with van der Waals surface area (Å²) in [6.45, 7) is 0.724. The zero-order valence-corrected chi connectivity index (χ0v) is 37.2. The van der Waals surface area contributed by atoms with E-state index in [-0.39, 0.29) is 50.4 Å². The molecule has 0 saturated carbocycles. The lowest BCUT2D eigenvalue weighted by molar-refractivity contribution is -0.146. The van der Waals surface area contributed by atoms with Gasteiger partial charge in [-0.3, -0.25) is 24.8 Å². The first-order valence-corrected chi connectivity index (χ1v) is 21.3. The molecule has 23 nitrogen and oxygen atoms in total. The third kappa shape index (κ3) is 18.3. The summed E-state index contributed by atoms with van der Waals surface area (Å²) in [4.78, 5) is 85.9. The normalized spacial score (nSPS) is 11.5. The average Bonchev–Trinajstić information content (AvgIpc) is 3.20. The molecule has 0 radical (unpaired) electrons. The second kappa shape index (κ2) is 24.1. The number of aromatic nitrogens is 3. The molecule has 2 aromatic heterocycles. The van der Waals surface area contributed by atoms with E-state index in [4.69, 9.17) is 62.1 Å². The van der Waals surface area contributed by atoms with Gasteiger partial charge in [0.1, 0.15) is 11.5 Å². The predicted octanol–water partition coefficient (Wildman–Crippen LogP) is 4.33. The Labute approximate surface area is 376 Å². The van der Waals surface area contributed by atoms with Crippen molar-refractivity contribution in [3.05, 3.63) is 87.5 Å². The van der Waals surface area contributed by atoms with Crippen LogP contribution in [0.3, 0.4) is 0 Å². The van der Waals surface area contributed by atoms with Crippen molar-refractivity contribution in [2.75, 3.05) is 46.5 Å². The van der Waals surface area contributed by atoms with E-state index in [2.05, 4.69) is 25.6 Å². The van der Waals surface area contributed by atoms with E-state index in [1.807, 2.05) is 0 Å². The second-order valence-electron chi connectivity index (χ2n) is 12.3. The average molecular weight is 1000 g/mol. The minimum absolute atomic E-state index is 0.0246. The highest BCUT2D eigenvalue weighted by molar-refractivity contribution is 7.90. The Bertz CT molecular complexity index is 2510. The number of nitrogens with one attached hydrogen (secondary N) is 3.